The van der Waals surface area contributed by atoms with E-state index in [0.29, 0.717) is 22.6 Å². The Bertz CT molecular complexity index is 1280. The molecular formula is C25H20F3N3O. The predicted molar refractivity (Wildman–Crippen MR) is 119 cm³/mol. The zero-order valence-corrected chi connectivity index (χ0v) is 17.1. The number of carbonyl (C=O) groups excluding carboxylic acids is 1. The molecule has 7 heteroatoms. The Morgan fingerprint density at radius 3 is 2.38 bits per heavy atom. The standard InChI is InChI=1S/C25H20F3N3O/c1-15(22-6-3-7-23(29)31-22)30-24(32)18-10-13-21-17(14-18)4-2-5-20(21)16-8-11-19(12-9-16)25(26,27)28/h2-15H,1H3,(H2,29,31)(H,30,32). The fourth-order valence-electron chi connectivity index (χ4n) is 3.58. The molecule has 0 spiro atoms. The van der Waals surface area contributed by atoms with E-state index in [1.807, 2.05) is 25.1 Å². The van der Waals surface area contributed by atoms with Crippen molar-refractivity contribution in [3.63, 3.8) is 0 Å². The van der Waals surface area contributed by atoms with E-state index >= 15 is 0 Å². The summed E-state index contributed by atoms with van der Waals surface area (Å²) in [6.45, 7) is 1.82. The van der Waals surface area contributed by atoms with Crippen molar-refractivity contribution in [2.75, 3.05) is 5.73 Å². The van der Waals surface area contributed by atoms with Crippen LogP contribution in [-0.2, 0) is 6.18 Å². The topological polar surface area (TPSA) is 68.0 Å². The first-order chi connectivity index (χ1) is 15.2. The molecule has 3 aromatic carbocycles. The van der Waals surface area contributed by atoms with Gasteiger partial charge in [0, 0.05) is 5.56 Å². The lowest BCUT2D eigenvalue weighted by Crippen LogP contribution is -2.27. The Hall–Kier alpha value is -3.87. The molecular weight excluding hydrogens is 415 g/mol. The number of hydrogen-bond donors (Lipinski definition) is 2. The smallest absolute Gasteiger partial charge is 0.384 e. The van der Waals surface area contributed by atoms with Crippen LogP contribution >= 0.6 is 0 Å². The van der Waals surface area contributed by atoms with E-state index in [1.165, 1.54) is 12.1 Å². The number of rotatable bonds is 4. The molecule has 0 aliphatic carbocycles. The van der Waals surface area contributed by atoms with Gasteiger partial charge >= 0.3 is 6.18 Å². The maximum absolute atomic E-state index is 12.9. The SMILES string of the molecule is CC(NC(=O)c1ccc2c(-c3ccc(C(F)(F)F)cc3)cccc2c1)c1cccc(N)n1. The number of pyridine rings is 1. The number of benzene rings is 3. The van der Waals surface area contributed by atoms with Gasteiger partial charge in [0.1, 0.15) is 5.82 Å². The first kappa shape index (κ1) is 21.4. The van der Waals surface area contributed by atoms with Crippen molar-refractivity contribution in [1.82, 2.24) is 10.3 Å². The highest BCUT2D eigenvalue weighted by atomic mass is 19.4. The highest BCUT2D eigenvalue weighted by Crippen LogP contribution is 2.33. The highest BCUT2D eigenvalue weighted by molar-refractivity contribution is 6.02. The molecule has 32 heavy (non-hydrogen) atoms. The zero-order chi connectivity index (χ0) is 22.9. The number of carbonyl (C=O) groups is 1. The number of nitrogens with one attached hydrogen (secondary N) is 1. The molecule has 0 aliphatic rings. The second kappa shape index (κ2) is 8.34. The third kappa shape index (κ3) is 4.42. The summed E-state index contributed by atoms with van der Waals surface area (Å²) in [5, 5.41) is 4.56. The number of nitrogen functional groups attached to an aromatic ring is 1. The number of nitrogens with two attached hydrogens (primary N) is 1. The summed E-state index contributed by atoms with van der Waals surface area (Å²) in [7, 11) is 0. The van der Waals surface area contributed by atoms with E-state index in [9.17, 15) is 18.0 Å². The number of halogens is 3. The number of hydrogen-bond acceptors (Lipinski definition) is 3. The highest BCUT2D eigenvalue weighted by Gasteiger charge is 2.30. The maximum Gasteiger partial charge on any atom is 0.416 e. The van der Waals surface area contributed by atoms with Crippen molar-refractivity contribution in [3.05, 3.63) is 95.7 Å². The van der Waals surface area contributed by atoms with Crippen LogP contribution in [-0.4, -0.2) is 10.9 Å². The third-order valence-electron chi connectivity index (χ3n) is 5.25. The van der Waals surface area contributed by atoms with E-state index in [-0.39, 0.29) is 11.9 Å². The first-order valence-electron chi connectivity index (χ1n) is 9.96. The van der Waals surface area contributed by atoms with Crippen LogP contribution in [0.1, 0.15) is 34.6 Å². The molecule has 0 radical (unpaired) electrons. The quantitative estimate of drug-likeness (QED) is 0.414. The summed E-state index contributed by atoms with van der Waals surface area (Å²) in [4.78, 5) is 17.0. The van der Waals surface area contributed by atoms with Crippen molar-refractivity contribution >= 4 is 22.5 Å². The molecule has 0 saturated carbocycles. The van der Waals surface area contributed by atoms with E-state index in [0.717, 1.165) is 28.5 Å². The Morgan fingerprint density at radius 2 is 1.69 bits per heavy atom. The van der Waals surface area contributed by atoms with Crippen molar-refractivity contribution in [2.45, 2.75) is 19.1 Å². The van der Waals surface area contributed by atoms with E-state index in [2.05, 4.69) is 10.3 Å². The molecule has 4 nitrogen and oxygen atoms in total. The van der Waals surface area contributed by atoms with Gasteiger partial charge in [-0.1, -0.05) is 42.5 Å². The van der Waals surface area contributed by atoms with Crippen LogP contribution in [0.5, 0.6) is 0 Å². The minimum atomic E-state index is -4.38. The molecule has 1 unspecified atom stereocenters. The molecule has 1 atom stereocenters. The second-order valence-corrected chi connectivity index (χ2v) is 7.50. The van der Waals surface area contributed by atoms with Crippen LogP contribution in [0.3, 0.4) is 0 Å². The van der Waals surface area contributed by atoms with E-state index in [1.54, 1.807) is 36.4 Å². The minimum absolute atomic E-state index is 0.261. The second-order valence-electron chi connectivity index (χ2n) is 7.50. The number of alkyl halides is 3. The Balaban J connectivity index is 1.61. The van der Waals surface area contributed by atoms with E-state index < -0.39 is 11.7 Å². The predicted octanol–water partition coefficient (Wildman–Crippen LogP) is 5.99. The van der Waals surface area contributed by atoms with Crippen LogP contribution in [0.2, 0.25) is 0 Å². The van der Waals surface area contributed by atoms with Gasteiger partial charge in [0.05, 0.1) is 17.3 Å². The summed E-state index contributed by atoms with van der Waals surface area (Å²) < 4.78 is 38.6. The van der Waals surface area contributed by atoms with Gasteiger partial charge in [-0.05, 0) is 65.2 Å². The minimum Gasteiger partial charge on any atom is -0.384 e. The molecule has 1 heterocycles. The van der Waals surface area contributed by atoms with Crippen molar-refractivity contribution < 1.29 is 18.0 Å². The van der Waals surface area contributed by atoms with Crippen LogP contribution in [0.4, 0.5) is 19.0 Å². The van der Waals surface area contributed by atoms with Crippen molar-refractivity contribution in [3.8, 4) is 11.1 Å². The third-order valence-corrected chi connectivity index (χ3v) is 5.25. The number of fused-ring (bicyclic) bond motifs is 1. The summed E-state index contributed by atoms with van der Waals surface area (Å²) in [5.74, 6) is 0.119. The normalized spacial score (nSPS) is 12.5. The van der Waals surface area contributed by atoms with Crippen LogP contribution in [0.25, 0.3) is 21.9 Å². The lowest BCUT2D eigenvalue weighted by molar-refractivity contribution is -0.137. The Kier molecular flexibility index (Phi) is 5.57. The van der Waals surface area contributed by atoms with Gasteiger partial charge in [0.15, 0.2) is 0 Å². The van der Waals surface area contributed by atoms with Gasteiger partial charge in [-0.2, -0.15) is 13.2 Å². The van der Waals surface area contributed by atoms with Gasteiger partial charge in [-0.3, -0.25) is 4.79 Å². The fourth-order valence-corrected chi connectivity index (χ4v) is 3.58. The number of amides is 1. The molecule has 1 amide bonds. The van der Waals surface area contributed by atoms with Crippen molar-refractivity contribution in [2.24, 2.45) is 0 Å². The molecule has 162 valence electrons. The molecule has 4 aromatic rings. The number of anilines is 1. The van der Waals surface area contributed by atoms with Crippen molar-refractivity contribution in [1.29, 1.82) is 0 Å². The lowest BCUT2D eigenvalue weighted by atomic mass is 9.96. The molecule has 3 N–H and O–H groups in total. The molecule has 0 saturated heterocycles. The summed E-state index contributed by atoms with van der Waals surface area (Å²) in [6, 6.07) is 20.8. The maximum atomic E-state index is 12.9. The zero-order valence-electron chi connectivity index (χ0n) is 17.1. The molecule has 0 aliphatic heterocycles. The van der Waals surface area contributed by atoms with Gasteiger partial charge in [-0.25, -0.2) is 4.98 Å². The van der Waals surface area contributed by atoms with Gasteiger partial charge in [0.2, 0.25) is 0 Å². The largest absolute Gasteiger partial charge is 0.416 e. The van der Waals surface area contributed by atoms with Crippen LogP contribution < -0.4 is 11.1 Å². The van der Waals surface area contributed by atoms with Gasteiger partial charge < -0.3 is 11.1 Å². The van der Waals surface area contributed by atoms with Crippen LogP contribution in [0, 0.1) is 0 Å². The summed E-state index contributed by atoms with van der Waals surface area (Å²) in [5.41, 5.74) is 7.61. The molecule has 0 fully saturated rings. The van der Waals surface area contributed by atoms with Gasteiger partial charge in [0.25, 0.3) is 5.91 Å². The fraction of sp³-hybridized carbons (Fsp3) is 0.120. The first-order valence-corrected chi connectivity index (χ1v) is 9.96. The molecule has 0 bridgehead atoms. The molecule has 4 rings (SSSR count). The average molecular weight is 435 g/mol. The van der Waals surface area contributed by atoms with E-state index in [4.69, 9.17) is 5.73 Å². The van der Waals surface area contributed by atoms with Crippen LogP contribution in [0.15, 0.2) is 78.9 Å². The Labute approximate surface area is 182 Å². The summed E-state index contributed by atoms with van der Waals surface area (Å²) in [6.07, 6.45) is -4.38. The monoisotopic (exact) mass is 435 g/mol. The number of aromatic nitrogens is 1. The summed E-state index contributed by atoms with van der Waals surface area (Å²) >= 11 is 0. The lowest BCUT2D eigenvalue weighted by Gasteiger charge is -2.15. The average Bonchev–Trinajstić information content (AvgIpc) is 2.77. The van der Waals surface area contributed by atoms with Gasteiger partial charge in [-0.15, -0.1) is 0 Å². The number of nitrogens with zero attached hydrogens (tertiary/aromatic N) is 1. The Morgan fingerprint density at radius 1 is 0.969 bits per heavy atom. The molecule has 1 aromatic heterocycles.